The molecule has 5 aromatic carbocycles. The average molecular weight is 461 g/mol. The first kappa shape index (κ1) is 19.4. The van der Waals surface area contributed by atoms with Gasteiger partial charge in [-0.3, -0.25) is 4.57 Å². The second-order valence-corrected chi connectivity index (χ2v) is 9.22. The summed E-state index contributed by atoms with van der Waals surface area (Å²) in [4.78, 5) is 0. The van der Waals surface area contributed by atoms with E-state index in [9.17, 15) is 0 Å². The lowest BCUT2D eigenvalue weighted by Crippen LogP contribution is -2.00. The monoisotopic (exact) mass is 460 g/mol. The fourth-order valence-electron chi connectivity index (χ4n) is 5.63. The molecule has 4 heteroatoms. The Balaban J connectivity index is 1.53. The minimum atomic E-state index is 0.855. The number of rotatable bonds is 2. The van der Waals surface area contributed by atoms with E-state index >= 15 is 0 Å². The maximum absolute atomic E-state index is 4.67. The molecular formula is C32H20N4. The van der Waals surface area contributed by atoms with Crippen molar-refractivity contribution in [2.75, 3.05) is 0 Å². The average Bonchev–Trinajstić information content (AvgIpc) is 3.51. The summed E-state index contributed by atoms with van der Waals surface area (Å²) in [5, 5.41) is 17.3. The zero-order valence-electron chi connectivity index (χ0n) is 19.3. The SMILES string of the molecule is c1ccc(-n2ccc3cc4c(ccc5c6ccccc6n(-c6nncc7ccccc67)c45)cc32)cc1. The van der Waals surface area contributed by atoms with E-state index in [-0.39, 0.29) is 0 Å². The first-order valence-electron chi connectivity index (χ1n) is 12.1. The van der Waals surface area contributed by atoms with Crippen molar-refractivity contribution in [3.63, 3.8) is 0 Å². The van der Waals surface area contributed by atoms with E-state index in [1.54, 1.807) is 0 Å². The number of hydrogen-bond donors (Lipinski definition) is 0. The van der Waals surface area contributed by atoms with Gasteiger partial charge >= 0.3 is 0 Å². The Kier molecular flexibility index (Phi) is 3.91. The van der Waals surface area contributed by atoms with Crippen LogP contribution in [0.1, 0.15) is 0 Å². The van der Waals surface area contributed by atoms with Gasteiger partial charge in [-0.1, -0.05) is 72.8 Å². The summed E-state index contributed by atoms with van der Waals surface area (Å²) in [5.74, 6) is 0.855. The minimum absolute atomic E-state index is 0.855. The molecule has 0 amide bonds. The first-order chi connectivity index (χ1) is 17.9. The second kappa shape index (κ2) is 7.27. The summed E-state index contributed by atoms with van der Waals surface area (Å²) >= 11 is 0. The fourth-order valence-corrected chi connectivity index (χ4v) is 5.63. The van der Waals surface area contributed by atoms with Crippen LogP contribution in [0, 0.1) is 0 Å². The zero-order valence-corrected chi connectivity index (χ0v) is 19.3. The van der Waals surface area contributed by atoms with Crippen LogP contribution in [-0.4, -0.2) is 19.3 Å². The highest BCUT2D eigenvalue weighted by molar-refractivity contribution is 6.20. The van der Waals surface area contributed by atoms with E-state index in [1.165, 1.54) is 32.4 Å². The number of aromatic nitrogens is 4. The van der Waals surface area contributed by atoms with E-state index in [4.69, 9.17) is 0 Å². The Morgan fingerprint density at radius 3 is 2.25 bits per heavy atom. The van der Waals surface area contributed by atoms with E-state index in [0.29, 0.717) is 0 Å². The fraction of sp³-hybridized carbons (Fsp3) is 0. The molecule has 0 fully saturated rings. The van der Waals surface area contributed by atoms with Gasteiger partial charge in [-0.2, -0.15) is 5.10 Å². The Morgan fingerprint density at radius 1 is 0.528 bits per heavy atom. The Hall–Kier alpha value is -4.96. The van der Waals surface area contributed by atoms with Gasteiger partial charge in [-0.05, 0) is 41.8 Å². The van der Waals surface area contributed by atoms with Gasteiger partial charge in [0, 0.05) is 44.2 Å². The summed E-state index contributed by atoms with van der Waals surface area (Å²) in [6, 6.07) is 38.7. The molecule has 0 aliphatic heterocycles. The number of para-hydroxylation sites is 2. The van der Waals surface area contributed by atoms with Gasteiger partial charge < -0.3 is 4.57 Å². The molecular weight excluding hydrogens is 440 g/mol. The molecule has 0 N–H and O–H groups in total. The standard InChI is InChI=1S/C32H20N4/c1-2-9-24(10-3-1)35-17-16-22-18-28-21(19-30(22)35)14-15-27-26-12-6-7-13-29(26)36(31(27)28)32-25-11-5-4-8-23(25)20-33-34-32/h1-20H. The van der Waals surface area contributed by atoms with Crippen LogP contribution in [0.2, 0.25) is 0 Å². The third-order valence-electron chi connectivity index (χ3n) is 7.26. The van der Waals surface area contributed by atoms with Crippen molar-refractivity contribution in [1.82, 2.24) is 19.3 Å². The third-order valence-corrected chi connectivity index (χ3v) is 7.26. The molecule has 0 saturated heterocycles. The molecule has 3 aromatic heterocycles. The smallest absolute Gasteiger partial charge is 0.168 e. The van der Waals surface area contributed by atoms with Gasteiger partial charge in [-0.25, -0.2) is 0 Å². The minimum Gasteiger partial charge on any atom is -0.317 e. The molecule has 0 radical (unpaired) electrons. The lowest BCUT2D eigenvalue weighted by molar-refractivity contribution is 0.974. The molecule has 4 nitrogen and oxygen atoms in total. The largest absolute Gasteiger partial charge is 0.317 e. The van der Waals surface area contributed by atoms with Crippen LogP contribution in [-0.2, 0) is 0 Å². The van der Waals surface area contributed by atoms with Crippen molar-refractivity contribution in [2.24, 2.45) is 0 Å². The zero-order chi connectivity index (χ0) is 23.6. The molecule has 0 spiro atoms. The number of fused-ring (bicyclic) bond motifs is 7. The number of benzene rings is 5. The van der Waals surface area contributed by atoms with Crippen LogP contribution in [0.15, 0.2) is 122 Å². The molecule has 8 rings (SSSR count). The highest BCUT2D eigenvalue weighted by Gasteiger charge is 2.18. The van der Waals surface area contributed by atoms with E-state index in [0.717, 1.165) is 33.3 Å². The maximum Gasteiger partial charge on any atom is 0.168 e. The molecule has 168 valence electrons. The highest BCUT2D eigenvalue weighted by atomic mass is 15.2. The van der Waals surface area contributed by atoms with Gasteiger partial charge in [0.15, 0.2) is 5.82 Å². The van der Waals surface area contributed by atoms with Crippen molar-refractivity contribution >= 4 is 54.3 Å². The van der Waals surface area contributed by atoms with E-state index in [2.05, 4.69) is 129 Å². The van der Waals surface area contributed by atoms with Gasteiger partial charge in [0.05, 0.1) is 22.7 Å². The van der Waals surface area contributed by atoms with Crippen LogP contribution in [0.25, 0.3) is 65.8 Å². The van der Waals surface area contributed by atoms with E-state index in [1.807, 2.05) is 12.3 Å². The van der Waals surface area contributed by atoms with Crippen LogP contribution < -0.4 is 0 Å². The molecule has 0 saturated carbocycles. The molecule has 3 heterocycles. The van der Waals surface area contributed by atoms with Crippen LogP contribution in [0.5, 0.6) is 0 Å². The van der Waals surface area contributed by atoms with Crippen LogP contribution in [0.3, 0.4) is 0 Å². The molecule has 0 bridgehead atoms. The van der Waals surface area contributed by atoms with Crippen molar-refractivity contribution in [2.45, 2.75) is 0 Å². The summed E-state index contributed by atoms with van der Waals surface area (Å²) in [6.45, 7) is 0. The molecule has 0 unspecified atom stereocenters. The van der Waals surface area contributed by atoms with Gasteiger partial charge in [0.2, 0.25) is 0 Å². The molecule has 8 aromatic rings. The summed E-state index contributed by atoms with van der Waals surface area (Å²) in [5.41, 5.74) is 4.65. The number of nitrogens with zero attached hydrogens (tertiary/aromatic N) is 4. The van der Waals surface area contributed by atoms with Crippen LogP contribution >= 0.6 is 0 Å². The predicted octanol–water partition coefficient (Wildman–Crippen LogP) is 7.82. The van der Waals surface area contributed by atoms with Crippen molar-refractivity contribution in [3.8, 4) is 11.5 Å². The summed E-state index contributed by atoms with van der Waals surface area (Å²) < 4.78 is 4.55. The normalized spacial score (nSPS) is 11.9. The van der Waals surface area contributed by atoms with Gasteiger partial charge in [-0.15, -0.1) is 5.10 Å². The quantitative estimate of drug-likeness (QED) is 0.264. The molecule has 0 atom stereocenters. The number of hydrogen-bond acceptors (Lipinski definition) is 2. The molecule has 0 aliphatic carbocycles. The Morgan fingerprint density at radius 2 is 1.33 bits per heavy atom. The van der Waals surface area contributed by atoms with Crippen molar-refractivity contribution < 1.29 is 0 Å². The van der Waals surface area contributed by atoms with Crippen molar-refractivity contribution in [3.05, 3.63) is 122 Å². The second-order valence-electron chi connectivity index (χ2n) is 9.22. The predicted molar refractivity (Wildman–Crippen MR) is 148 cm³/mol. The van der Waals surface area contributed by atoms with Gasteiger partial charge in [0.25, 0.3) is 0 Å². The first-order valence-corrected chi connectivity index (χ1v) is 12.1. The maximum atomic E-state index is 4.67. The van der Waals surface area contributed by atoms with Crippen molar-refractivity contribution in [1.29, 1.82) is 0 Å². The van der Waals surface area contributed by atoms with Crippen LogP contribution in [0.4, 0.5) is 0 Å². The molecule has 36 heavy (non-hydrogen) atoms. The third kappa shape index (κ3) is 2.64. The Labute approximate surface area is 206 Å². The topological polar surface area (TPSA) is 35.6 Å². The summed E-state index contributed by atoms with van der Waals surface area (Å²) in [7, 11) is 0. The lowest BCUT2D eigenvalue weighted by atomic mass is 10.0. The van der Waals surface area contributed by atoms with Gasteiger partial charge in [0.1, 0.15) is 0 Å². The summed E-state index contributed by atoms with van der Waals surface area (Å²) in [6.07, 6.45) is 3.99. The van der Waals surface area contributed by atoms with E-state index < -0.39 is 0 Å². The lowest BCUT2D eigenvalue weighted by Gasteiger charge is -2.11. The highest BCUT2D eigenvalue weighted by Crippen LogP contribution is 2.39. The Bertz CT molecular complexity index is 2090. The molecule has 0 aliphatic rings.